The average molecular weight is 217 g/mol. The molecule has 2 aromatic rings. The highest BCUT2D eigenvalue weighted by Crippen LogP contribution is 2.17. The van der Waals surface area contributed by atoms with Crippen LogP contribution >= 0.6 is 11.3 Å². The first kappa shape index (κ1) is 10.1. The van der Waals surface area contributed by atoms with Crippen molar-refractivity contribution in [2.45, 2.75) is 13.3 Å². The summed E-state index contributed by atoms with van der Waals surface area (Å²) in [5, 5.41) is 0.582. The van der Waals surface area contributed by atoms with Crippen LogP contribution in [-0.2, 0) is 6.42 Å². The minimum atomic E-state index is 0.0142. The van der Waals surface area contributed by atoms with Crippen molar-refractivity contribution >= 4 is 17.1 Å². The lowest BCUT2D eigenvalue weighted by Gasteiger charge is -1.94. The summed E-state index contributed by atoms with van der Waals surface area (Å²) in [6, 6.07) is 9.25. The van der Waals surface area contributed by atoms with Gasteiger partial charge >= 0.3 is 0 Å². The van der Waals surface area contributed by atoms with Gasteiger partial charge in [-0.2, -0.15) is 0 Å². The van der Waals surface area contributed by atoms with Gasteiger partial charge in [-0.15, -0.1) is 11.3 Å². The van der Waals surface area contributed by atoms with Gasteiger partial charge in [-0.25, -0.2) is 4.98 Å². The van der Waals surface area contributed by atoms with Crippen molar-refractivity contribution in [1.82, 2.24) is 4.98 Å². The monoisotopic (exact) mass is 217 g/mol. The van der Waals surface area contributed by atoms with E-state index < -0.39 is 0 Å². The normalized spacial score (nSPS) is 10.2. The van der Waals surface area contributed by atoms with Crippen LogP contribution in [0.25, 0.3) is 0 Å². The highest BCUT2D eigenvalue weighted by Gasteiger charge is 2.12. The second kappa shape index (κ2) is 4.36. The third kappa shape index (κ3) is 2.13. The molecule has 1 aromatic carbocycles. The Bertz CT molecular complexity index is 461. The maximum Gasteiger partial charge on any atom is 0.221 e. The van der Waals surface area contributed by atoms with Gasteiger partial charge < -0.3 is 0 Å². The maximum absolute atomic E-state index is 11.9. The molecule has 3 heteroatoms. The smallest absolute Gasteiger partial charge is 0.221 e. The van der Waals surface area contributed by atoms with Crippen molar-refractivity contribution in [2.75, 3.05) is 0 Å². The van der Waals surface area contributed by atoms with Gasteiger partial charge in [0.25, 0.3) is 0 Å². The van der Waals surface area contributed by atoms with Crippen LogP contribution in [0.1, 0.15) is 27.2 Å². The Morgan fingerprint density at radius 2 is 2.07 bits per heavy atom. The van der Waals surface area contributed by atoms with Crippen molar-refractivity contribution in [2.24, 2.45) is 0 Å². The van der Waals surface area contributed by atoms with E-state index in [4.69, 9.17) is 0 Å². The Labute approximate surface area is 92.6 Å². The average Bonchev–Trinajstić information content (AvgIpc) is 2.78. The zero-order chi connectivity index (χ0) is 10.7. The fraction of sp³-hybridized carbons (Fsp3) is 0.167. The van der Waals surface area contributed by atoms with Crippen molar-refractivity contribution in [3.63, 3.8) is 0 Å². The van der Waals surface area contributed by atoms with E-state index in [-0.39, 0.29) is 5.78 Å². The predicted molar refractivity (Wildman–Crippen MR) is 61.4 cm³/mol. The molecule has 0 aliphatic rings. The van der Waals surface area contributed by atoms with E-state index in [9.17, 15) is 4.79 Å². The Balaban J connectivity index is 2.29. The molecule has 0 unspecified atom stereocenters. The largest absolute Gasteiger partial charge is 0.286 e. The quantitative estimate of drug-likeness (QED) is 0.740. The number of rotatable bonds is 3. The Morgan fingerprint density at radius 1 is 1.33 bits per heavy atom. The second-order valence-corrected chi connectivity index (χ2v) is 4.30. The standard InChI is InChI=1S/C12H11NOS/c1-2-10-8-13-12(15-10)11(14)9-6-4-3-5-7-9/h3-8H,2H2,1H3. The molecular weight excluding hydrogens is 206 g/mol. The SMILES string of the molecule is CCc1cnc(C(=O)c2ccccc2)s1. The van der Waals surface area contributed by atoms with Crippen molar-refractivity contribution in [3.8, 4) is 0 Å². The van der Waals surface area contributed by atoms with E-state index in [1.807, 2.05) is 30.3 Å². The van der Waals surface area contributed by atoms with Gasteiger partial charge in [0.15, 0.2) is 5.01 Å². The first-order valence-electron chi connectivity index (χ1n) is 4.85. The Kier molecular flexibility index (Phi) is 2.92. The highest BCUT2D eigenvalue weighted by molar-refractivity contribution is 7.13. The summed E-state index contributed by atoms with van der Waals surface area (Å²) < 4.78 is 0. The molecule has 1 heterocycles. The van der Waals surface area contributed by atoms with Crippen LogP contribution in [0.4, 0.5) is 0 Å². The maximum atomic E-state index is 11.9. The molecule has 2 nitrogen and oxygen atoms in total. The van der Waals surface area contributed by atoms with Gasteiger partial charge in [0.05, 0.1) is 0 Å². The molecule has 0 saturated carbocycles. The summed E-state index contributed by atoms with van der Waals surface area (Å²) in [5.74, 6) is 0.0142. The fourth-order valence-corrected chi connectivity index (χ4v) is 2.10. The van der Waals surface area contributed by atoms with Crippen LogP contribution in [-0.4, -0.2) is 10.8 Å². The molecule has 0 fully saturated rings. The van der Waals surface area contributed by atoms with Gasteiger partial charge in [-0.05, 0) is 6.42 Å². The highest BCUT2D eigenvalue weighted by atomic mass is 32.1. The lowest BCUT2D eigenvalue weighted by atomic mass is 10.1. The number of hydrogen-bond donors (Lipinski definition) is 0. The van der Waals surface area contributed by atoms with Gasteiger partial charge in [0, 0.05) is 16.6 Å². The number of aryl methyl sites for hydroxylation is 1. The molecule has 0 N–H and O–H groups in total. The summed E-state index contributed by atoms with van der Waals surface area (Å²) in [6.45, 7) is 2.06. The van der Waals surface area contributed by atoms with E-state index in [1.165, 1.54) is 11.3 Å². The second-order valence-electron chi connectivity index (χ2n) is 3.18. The van der Waals surface area contributed by atoms with Gasteiger partial charge in [0.2, 0.25) is 5.78 Å². The number of nitrogens with zero attached hydrogens (tertiary/aromatic N) is 1. The molecule has 0 bridgehead atoms. The molecule has 15 heavy (non-hydrogen) atoms. The number of aromatic nitrogens is 1. The zero-order valence-electron chi connectivity index (χ0n) is 8.43. The first-order chi connectivity index (χ1) is 7.31. The van der Waals surface area contributed by atoms with Crippen LogP contribution < -0.4 is 0 Å². The summed E-state index contributed by atoms with van der Waals surface area (Å²) >= 11 is 1.48. The molecule has 0 spiro atoms. The van der Waals surface area contributed by atoms with E-state index in [0.29, 0.717) is 10.6 Å². The summed E-state index contributed by atoms with van der Waals surface area (Å²) in [7, 11) is 0. The summed E-state index contributed by atoms with van der Waals surface area (Å²) in [5.41, 5.74) is 0.703. The summed E-state index contributed by atoms with van der Waals surface area (Å²) in [6.07, 6.45) is 2.71. The van der Waals surface area contributed by atoms with Gasteiger partial charge in [-0.3, -0.25) is 4.79 Å². The molecule has 0 aliphatic heterocycles. The molecule has 0 saturated heterocycles. The molecular formula is C12H11NOS. The molecule has 0 amide bonds. The minimum Gasteiger partial charge on any atom is -0.286 e. The third-order valence-electron chi connectivity index (χ3n) is 2.13. The zero-order valence-corrected chi connectivity index (χ0v) is 9.25. The predicted octanol–water partition coefficient (Wildman–Crippen LogP) is 2.94. The lowest BCUT2D eigenvalue weighted by molar-refractivity contribution is 0.103. The molecule has 0 radical (unpaired) electrons. The molecule has 2 rings (SSSR count). The molecule has 0 atom stereocenters. The van der Waals surface area contributed by atoms with E-state index in [1.54, 1.807) is 6.20 Å². The van der Waals surface area contributed by atoms with E-state index in [0.717, 1.165) is 11.3 Å². The number of carbonyl (C=O) groups is 1. The summed E-state index contributed by atoms with van der Waals surface area (Å²) in [4.78, 5) is 17.2. The van der Waals surface area contributed by atoms with Crippen LogP contribution in [0.5, 0.6) is 0 Å². The number of carbonyl (C=O) groups excluding carboxylic acids is 1. The topological polar surface area (TPSA) is 30.0 Å². The van der Waals surface area contributed by atoms with E-state index in [2.05, 4.69) is 11.9 Å². The van der Waals surface area contributed by atoms with Crippen LogP contribution in [0.2, 0.25) is 0 Å². The lowest BCUT2D eigenvalue weighted by Crippen LogP contribution is -1.99. The molecule has 0 aliphatic carbocycles. The number of benzene rings is 1. The third-order valence-corrected chi connectivity index (χ3v) is 3.27. The Morgan fingerprint density at radius 3 is 2.67 bits per heavy atom. The van der Waals surface area contributed by atoms with Crippen molar-refractivity contribution < 1.29 is 4.79 Å². The van der Waals surface area contributed by atoms with Crippen molar-refractivity contribution in [3.05, 3.63) is 52.0 Å². The van der Waals surface area contributed by atoms with Crippen LogP contribution in [0, 0.1) is 0 Å². The van der Waals surface area contributed by atoms with E-state index >= 15 is 0 Å². The number of ketones is 1. The molecule has 76 valence electrons. The first-order valence-corrected chi connectivity index (χ1v) is 5.67. The fourth-order valence-electron chi connectivity index (χ4n) is 1.29. The van der Waals surface area contributed by atoms with Crippen molar-refractivity contribution in [1.29, 1.82) is 0 Å². The molecule has 1 aromatic heterocycles. The van der Waals surface area contributed by atoms with Crippen LogP contribution in [0.15, 0.2) is 36.5 Å². The van der Waals surface area contributed by atoms with Gasteiger partial charge in [0.1, 0.15) is 0 Å². The number of thiazole rings is 1. The van der Waals surface area contributed by atoms with Gasteiger partial charge in [-0.1, -0.05) is 37.3 Å². The Hall–Kier alpha value is -1.48. The minimum absolute atomic E-state index is 0.0142. The van der Waals surface area contributed by atoms with Crippen LogP contribution in [0.3, 0.4) is 0 Å². The number of hydrogen-bond acceptors (Lipinski definition) is 3.